The summed E-state index contributed by atoms with van der Waals surface area (Å²) in [7, 11) is 0. The molecule has 0 unspecified atom stereocenters. The number of aromatic nitrogens is 1. The van der Waals surface area contributed by atoms with Crippen LogP contribution < -0.4 is 0 Å². The fourth-order valence-electron chi connectivity index (χ4n) is 2.87. The van der Waals surface area contributed by atoms with Gasteiger partial charge in [0.2, 0.25) is 5.91 Å². The van der Waals surface area contributed by atoms with Crippen molar-refractivity contribution in [3.05, 3.63) is 39.7 Å². The molecule has 3 rings (SSSR count). The maximum atomic E-state index is 12.7. The smallest absolute Gasteiger partial charge is 0.328 e. The molecule has 25 heavy (non-hydrogen) atoms. The molecular formula is C18H20N2O4S. The molecule has 0 aliphatic carbocycles. The molecule has 1 amide bonds. The highest BCUT2D eigenvalue weighted by molar-refractivity contribution is 7.12. The second kappa shape index (κ2) is 7.33. The minimum Gasteiger partial charge on any atom is -0.480 e. The van der Waals surface area contributed by atoms with Gasteiger partial charge in [-0.2, -0.15) is 0 Å². The molecule has 7 heteroatoms. The summed E-state index contributed by atoms with van der Waals surface area (Å²) in [6.45, 7) is 4.62. The molecular weight excluding hydrogens is 340 g/mol. The van der Waals surface area contributed by atoms with Gasteiger partial charge in [0.15, 0.2) is 6.04 Å². The van der Waals surface area contributed by atoms with Crippen molar-refractivity contribution in [2.75, 3.05) is 19.8 Å². The molecule has 132 valence electrons. The van der Waals surface area contributed by atoms with Crippen LogP contribution in [0.1, 0.15) is 15.4 Å². The van der Waals surface area contributed by atoms with E-state index in [1.807, 2.05) is 38.1 Å². The largest absolute Gasteiger partial charge is 0.480 e. The van der Waals surface area contributed by atoms with Crippen molar-refractivity contribution in [1.82, 2.24) is 9.88 Å². The van der Waals surface area contributed by atoms with Gasteiger partial charge < -0.3 is 14.7 Å². The highest BCUT2D eigenvalue weighted by atomic mass is 32.1. The van der Waals surface area contributed by atoms with Gasteiger partial charge >= 0.3 is 5.97 Å². The van der Waals surface area contributed by atoms with E-state index in [4.69, 9.17) is 4.74 Å². The summed E-state index contributed by atoms with van der Waals surface area (Å²) in [5.41, 5.74) is 2.93. The van der Waals surface area contributed by atoms with Gasteiger partial charge in [-0.1, -0.05) is 29.8 Å². The molecule has 0 radical (unpaired) electrons. The normalized spacial score (nSPS) is 17.5. The number of benzene rings is 1. The average Bonchev–Trinajstić information content (AvgIpc) is 2.95. The van der Waals surface area contributed by atoms with Crippen LogP contribution in [-0.2, 0) is 20.7 Å². The second-order valence-electron chi connectivity index (χ2n) is 6.06. The third-order valence-corrected chi connectivity index (χ3v) is 5.15. The van der Waals surface area contributed by atoms with Crippen LogP contribution in [-0.4, -0.2) is 52.7 Å². The Morgan fingerprint density at radius 1 is 1.32 bits per heavy atom. The molecule has 1 atom stereocenters. The summed E-state index contributed by atoms with van der Waals surface area (Å²) in [6.07, 6.45) is 0.151. The predicted octanol–water partition coefficient (Wildman–Crippen LogP) is 2.28. The van der Waals surface area contributed by atoms with E-state index in [1.165, 1.54) is 16.2 Å². The van der Waals surface area contributed by atoms with E-state index < -0.39 is 12.0 Å². The number of carbonyl (C=O) groups is 2. The number of aryl methyl sites for hydroxylation is 2. The van der Waals surface area contributed by atoms with Crippen LogP contribution in [0.4, 0.5) is 0 Å². The van der Waals surface area contributed by atoms with Crippen LogP contribution in [0.25, 0.3) is 11.3 Å². The van der Waals surface area contributed by atoms with Crippen LogP contribution in [0, 0.1) is 13.8 Å². The summed E-state index contributed by atoms with van der Waals surface area (Å²) < 4.78 is 5.20. The summed E-state index contributed by atoms with van der Waals surface area (Å²) in [6, 6.07) is 7.09. The Morgan fingerprint density at radius 3 is 2.72 bits per heavy atom. The number of rotatable bonds is 4. The van der Waals surface area contributed by atoms with Crippen LogP contribution >= 0.6 is 11.3 Å². The maximum Gasteiger partial charge on any atom is 0.328 e. The standard InChI is InChI=1S/C18H20N2O4S/c1-11-3-5-13(6-4-11)17-15(25-12(2)19-17)9-16(21)20-7-8-24-10-14(20)18(22)23/h3-6,14H,7-10H2,1-2H3,(H,22,23)/t14-/m0/s1. The minimum atomic E-state index is -1.03. The number of amides is 1. The number of carbonyl (C=O) groups excluding carboxylic acids is 1. The Bertz CT molecular complexity index is 785. The third-order valence-electron chi connectivity index (χ3n) is 4.17. The number of morpholine rings is 1. The van der Waals surface area contributed by atoms with Gasteiger partial charge in [0.1, 0.15) is 0 Å². The van der Waals surface area contributed by atoms with Gasteiger partial charge in [-0.3, -0.25) is 4.79 Å². The highest BCUT2D eigenvalue weighted by Crippen LogP contribution is 2.29. The first-order valence-corrected chi connectivity index (χ1v) is 8.90. The van der Waals surface area contributed by atoms with Crippen LogP contribution in [0.2, 0.25) is 0 Å². The number of carboxylic acid groups (broad SMARTS) is 1. The Labute approximate surface area is 150 Å². The van der Waals surface area contributed by atoms with Crippen molar-refractivity contribution in [2.45, 2.75) is 26.3 Å². The maximum absolute atomic E-state index is 12.7. The fraction of sp³-hybridized carbons (Fsp3) is 0.389. The quantitative estimate of drug-likeness (QED) is 0.905. The molecule has 1 aliphatic heterocycles. The lowest BCUT2D eigenvalue weighted by Gasteiger charge is -2.32. The molecule has 1 saturated heterocycles. The molecule has 1 aromatic carbocycles. The second-order valence-corrected chi connectivity index (χ2v) is 7.35. The molecule has 1 aliphatic rings. The fourth-order valence-corrected chi connectivity index (χ4v) is 3.82. The van der Waals surface area contributed by atoms with Crippen molar-refractivity contribution >= 4 is 23.2 Å². The first kappa shape index (κ1) is 17.6. The monoisotopic (exact) mass is 360 g/mol. The number of ether oxygens (including phenoxy) is 1. The molecule has 0 saturated carbocycles. The van der Waals surface area contributed by atoms with Crippen molar-refractivity contribution in [3.63, 3.8) is 0 Å². The first-order chi connectivity index (χ1) is 12.0. The number of aliphatic carboxylic acids is 1. The summed E-state index contributed by atoms with van der Waals surface area (Å²) in [4.78, 5) is 30.9. The van der Waals surface area contributed by atoms with Gasteiger partial charge in [0.25, 0.3) is 0 Å². The number of nitrogens with zero attached hydrogens (tertiary/aromatic N) is 2. The Morgan fingerprint density at radius 2 is 2.04 bits per heavy atom. The van der Waals surface area contributed by atoms with Crippen molar-refractivity contribution < 1.29 is 19.4 Å². The Kier molecular flexibility index (Phi) is 5.15. The van der Waals surface area contributed by atoms with Gasteiger partial charge in [0, 0.05) is 17.0 Å². The summed E-state index contributed by atoms with van der Waals surface area (Å²) >= 11 is 1.48. The number of carboxylic acids is 1. The van der Waals surface area contributed by atoms with Gasteiger partial charge in [-0.25, -0.2) is 9.78 Å². The van der Waals surface area contributed by atoms with Crippen molar-refractivity contribution in [1.29, 1.82) is 0 Å². The molecule has 1 aromatic heterocycles. The lowest BCUT2D eigenvalue weighted by atomic mass is 10.1. The third kappa shape index (κ3) is 3.88. The molecule has 6 nitrogen and oxygen atoms in total. The molecule has 1 N–H and O–H groups in total. The van der Waals surface area contributed by atoms with Crippen LogP contribution in [0.3, 0.4) is 0 Å². The van der Waals surface area contributed by atoms with E-state index in [0.717, 1.165) is 26.7 Å². The van der Waals surface area contributed by atoms with Crippen molar-refractivity contribution in [3.8, 4) is 11.3 Å². The number of hydrogen-bond donors (Lipinski definition) is 1. The number of hydrogen-bond acceptors (Lipinski definition) is 5. The molecule has 2 aromatic rings. The zero-order valence-corrected chi connectivity index (χ0v) is 15.0. The van der Waals surface area contributed by atoms with E-state index in [1.54, 1.807) is 0 Å². The topological polar surface area (TPSA) is 79.7 Å². The lowest BCUT2D eigenvalue weighted by Crippen LogP contribution is -2.53. The lowest BCUT2D eigenvalue weighted by molar-refractivity contribution is -0.157. The van der Waals surface area contributed by atoms with Gasteiger partial charge in [-0.05, 0) is 13.8 Å². The van der Waals surface area contributed by atoms with Gasteiger partial charge in [0.05, 0.1) is 30.3 Å². The summed E-state index contributed by atoms with van der Waals surface area (Å²) in [5, 5.41) is 10.2. The predicted molar refractivity (Wildman–Crippen MR) is 94.7 cm³/mol. The zero-order chi connectivity index (χ0) is 18.0. The first-order valence-electron chi connectivity index (χ1n) is 8.09. The zero-order valence-electron chi connectivity index (χ0n) is 14.2. The van der Waals surface area contributed by atoms with E-state index in [-0.39, 0.29) is 18.9 Å². The Hall–Kier alpha value is -2.25. The summed E-state index contributed by atoms with van der Waals surface area (Å²) in [5.74, 6) is -1.24. The van der Waals surface area contributed by atoms with Crippen LogP contribution in [0.5, 0.6) is 0 Å². The average molecular weight is 360 g/mol. The van der Waals surface area contributed by atoms with E-state index >= 15 is 0 Å². The molecule has 0 bridgehead atoms. The number of thiazole rings is 1. The Balaban J connectivity index is 1.84. The highest BCUT2D eigenvalue weighted by Gasteiger charge is 2.33. The van der Waals surface area contributed by atoms with Crippen molar-refractivity contribution in [2.24, 2.45) is 0 Å². The van der Waals surface area contributed by atoms with Gasteiger partial charge in [-0.15, -0.1) is 11.3 Å². The minimum absolute atomic E-state index is 0.0353. The van der Waals surface area contributed by atoms with E-state index in [0.29, 0.717) is 13.2 Å². The van der Waals surface area contributed by atoms with E-state index in [9.17, 15) is 14.7 Å². The molecule has 2 heterocycles. The van der Waals surface area contributed by atoms with Crippen LogP contribution in [0.15, 0.2) is 24.3 Å². The molecule has 0 spiro atoms. The van der Waals surface area contributed by atoms with E-state index in [2.05, 4.69) is 4.98 Å². The molecule has 1 fully saturated rings. The SMILES string of the molecule is Cc1ccc(-c2nc(C)sc2CC(=O)N2CCOC[C@H]2C(=O)O)cc1.